The second-order valence-electron chi connectivity index (χ2n) is 4.69. The summed E-state index contributed by atoms with van der Waals surface area (Å²) >= 11 is 5.99. The van der Waals surface area contributed by atoms with E-state index in [4.69, 9.17) is 17.3 Å². The van der Waals surface area contributed by atoms with Crippen molar-refractivity contribution in [1.29, 1.82) is 0 Å². The van der Waals surface area contributed by atoms with Crippen molar-refractivity contribution >= 4 is 28.3 Å². The van der Waals surface area contributed by atoms with Crippen molar-refractivity contribution in [3.05, 3.63) is 41.7 Å². The number of halogens is 1. The number of aryl methyl sites for hydroxylation is 1. The standard InChI is InChI=1S/C15H15ClN4/c1-2-7-20-14-5-6-18-9-13(14)19-15(20)10-3-4-11(16)12(17)8-10/h3-6,8-9H,2,7,17H2,1H3. The van der Waals surface area contributed by atoms with Crippen LogP contribution in [0.25, 0.3) is 22.4 Å². The van der Waals surface area contributed by atoms with Crippen LogP contribution in [0, 0.1) is 0 Å². The van der Waals surface area contributed by atoms with E-state index in [-0.39, 0.29) is 0 Å². The van der Waals surface area contributed by atoms with Crippen molar-refractivity contribution in [2.24, 2.45) is 0 Å². The first-order valence-corrected chi connectivity index (χ1v) is 6.94. The molecule has 20 heavy (non-hydrogen) atoms. The molecule has 0 aliphatic heterocycles. The maximum absolute atomic E-state index is 5.99. The van der Waals surface area contributed by atoms with Crippen molar-refractivity contribution in [3.63, 3.8) is 0 Å². The highest BCUT2D eigenvalue weighted by atomic mass is 35.5. The van der Waals surface area contributed by atoms with Crippen LogP contribution in [0.2, 0.25) is 5.02 Å². The van der Waals surface area contributed by atoms with Crippen LogP contribution >= 0.6 is 11.6 Å². The third-order valence-corrected chi connectivity index (χ3v) is 3.60. The number of nitrogens with two attached hydrogens (primary N) is 1. The molecule has 102 valence electrons. The lowest BCUT2D eigenvalue weighted by molar-refractivity contribution is 0.704. The minimum atomic E-state index is 0.563. The van der Waals surface area contributed by atoms with Crippen molar-refractivity contribution in [3.8, 4) is 11.4 Å². The van der Waals surface area contributed by atoms with E-state index in [1.165, 1.54) is 0 Å². The van der Waals surface area contributed by atoms with Gasteiger partial charge in [0.1, 0.15) is 11.3 Å². The Hall–Kier alpha value is -2.07. The number of benzene rings is 1. The molecule has 0 saturated heterocycles. The van der Waals surface area contributed by atoms with Crippen molar-refractivity contribution < 1.29 is 0 Å². The van der Waals surface area contributed by atoms with Gasteiger partial charge in [0, 0.05) is 18.3 Å². The summed E-state index contributed by atoms with van der Waals surface area (Å²) in [5.41, 5.74) is 9.41. The lowest BCUT2D eigenvalue weighted by Crippen LogP contribution is -2.00. The number of nitrogens with zero attached hydrogens (tertiary/aromatic N) is 3. The molecule has 2 N–H and O–H groups in total. The van der Waals surface area contributed by atoms with Gasteiger partial charge < -0.3 is 10.3 Å². The summed E-state index contributed by atoms with van der Waals surface area (Å²) in [5.74, 6) is 0.901. The third kappa shape index (κ3) is 2.12. The smallest absolute Gasteiger partial charge is 0.141 e. The molecule has 0 unspecified atom stereocenters. The van der Waals surface area contributed by atoms with E-state index >= 15 is 0 Å². The summed E-state index contributed by atoms with van der Waals surface area (Å²) in [4.78, 5) is 8.81. The van der Waals surface area contributed by atoms with Crippen molar-refractivity contribution in [2.75, 3.05) is 5.73 Å². The van der Waals surface area contributed by atoms with Crippen LogP contribution in [0.3, 0.4) is 0 Å². The summed E-state index contributed by atoms with van der Waals surface area (Å²) in [6.45, 7) is 3.05. The first-order chi connectivity index (χ1) is 9.70. The monoisotopic (exact) mass is 286 g/mol. The summed E-state index contributed by atoms with van der Waals surface area (Å²) in [6.07, 6.45) is 4.60. The molecule has 0 spiro atoms. The number of hydrogen-bond donors (Lipinski definition) is 1. The quantitative estimate of drug-likeness (QED) is 0.746. The molecule has 4 nitrogen and oxygen atoms in total. The van der Waals surface area contributed by atoms with Gasteiger partial charge in [0.2, 0.25) is 0 Å². The van der Waals surface area contributed by atoms with Gasteiger partial charge in [-0.25, -0.2) is 4.98 Å². The first kappa shape index (κ1) is 12.9. The van der Waals surface area contributed by atoms with Gasteiger partial charge in [0.25, 0.3) is 0 Å². The highest BCUT2D eigenvalue weighted by Crippen LogP contribution is 2.29. The zero-order valence-corrected chi connectivity index (χ0v) is 11.9. The van der Waals surface area contributed by atoms with E-state index in [1.54, 1.807) is 18.5 Å². The van der Waals surface area contributed by atoms with E-state index in [1.807, 2.05) is 18.2 Å². The number of anilines is 1. The van der Waals surface area contributed by atoms with Gasteiger partial charge in [-0.2, -0.15) is 0 Å². The molecule has 0 saturated carbocycles. The van der Waals surface area contributed by atoms with Gasteiger partial charge in [-0.15, -0.1) is 0 Å². The van der Waals surface area contributed by atoms with Crippen molar-refractivity contribution in [2.45, 2.75) is 19.9 Å². The second kappa shape index (κ2) is 5.13. The van der Waals surface area contributed by atoms with Crippen molar-refractivity contribution in [1.82, 2.24) is 14.5 Å². The van der Waals surface area contributed by atoms with Crippen LogP contribution in [0.1, 0.15) is 13.3 Å². The predicted molar refractivity (Wildman–Crippen MR) is 82.7 cm³/mol. The Balaban J connectivity index is 2.23. The van der Waals surface area contributed by atoms with Gasteiger partial charge in [-0.1, -0.05) is 18.5 Å². The number of rotatable bonds is 3. The average Bonchev–Trinajstić information content (AvgIpc) is 2.82. The minimum absolute atomic E-state index is 0.563. The predicted octanol–water partition coefficient (Wildman–Crippen LogP) is 3.74. The van der Waals surface area contributed by atoms with E-state index in [0.717, 1.165) is 35.4 Å². The van der Waals surface area contributed by atoms with Gasteiger partial charge in [0.15, 0.2) is 0 Å². The summed E-state index contributed by atoms with van der Waals surface area (Å²) < 4.78 is 2.19. The van der Waals surface area contributed by atoms with Crippen LogP contribution in [-0.2, 0) is 6.54 Å². The molecule has 0 atom stereocenters. The lowest BCUT2D eigenvalue weighted by atomic mass is 10.2. The fraction of sp³-hybridized carbons (Fsp3) is 0.200. The number of hydrogen-bond acceptors (Lipinski definition) is 3. The summed E-state index contributed by atoms with van der Waals surface area (Å²) in [6, 6.07) is 7.60. The Morgan fingerprint density at radius 3 is 2.90 bits per heavy atom. The van der Waals surface area contributed by atoms with E-state index < -0.39 is 0 Å². The van der Waals surface area contributed by atoms with Gasteiger partial charge in [0.05, 0.1) is 22.4 Å². The van der Waals surface area contributed by atoms with Gasteiger partial charge in [-0.3, -0.25) is 4.98 Å². The molecule has 3 rings (SSSR count). The van der Waals surface area contributed by atoms with E-state index in [2.05, 4.69) is 21.5 Å². The lowest BCUT2D eigenvalue weighted by Gasteiger charge is -2.08. The Bertz CT molecular complexity index is 764. The SMILES string of the molecule is CCCn1c(-c2ccc(Cl)c(N)c2)nc2cnccc21. The Kier molecular flexibility index (Phi) is 3.32. The summed E-state index contributed by atoms with van der Waals surface area (Å²) in [5, 5.41) is 0.563. The molecule has 0 aliphatic carbocycles. The number of nitrogen functional groups attached to an aromatic ring is 1. The first-order valence-electron chi connectivity index (χ1n) is 6.56. The molecule has 3 aromatic rings. The minimum Gasteiger partial charge on any atom is -0.398 e. The fourth-order valence-electron chi connectivity index (χ4n) is 2.33. The maximum Gasteiger partial charge on any atom is 0.141 e. The molecular formula is C15H15ClN4. The molecule has 0 bridgehead atoms. The normalized spacial score (nSPS) is 11.1. The third-order valence-electron chi connectivity index (χ3n) is 3.25. The van der Waals surface area contributed by atoms with Crippen LogP contribution in [0.4, 0.5) is 5.69 Å². The number of aromatic nitrogens is 3. The summed E-state index contributed by atoms with van der Waals surface area (Å²) in [7, 11) is 0. The van der Waals surface area contributed by atoms with Gasteiger partial charge >= 0.3 is 0 Å². The zero-order chi connectivity index (χ0) is 14.1. The molecule has 2 aromatic heterocycles. The molecule has 0 aliphatic rings. The molecule has 0 radical (unpaired) electrons. The fourth-order valence-corrected chi connectivity index (χ4v) is 2.45. The molecular weight excluding hydrogens is 272 g/mol. The number of imidazole rings is 1. The number of pyridine rings is 1. The molecule has 2 heterocycles. The van der Waals surface area contributed by atoms with Crippen LogP contribution < -0.4 is 5.73 Å². The van der Waals surface area contributed by atoms with Crippen LogP contribution in [0.5, 0.6) is 0 Å². The molecule has 0 fully saturated rings. The van der Waals surface area contributed by atoms with Crippen LogP contribution in [0.15, 0.2) is 36.7 Å². The van der Waals surface area contributed by atoms with Crippen LogP contribution in [-0.4, -0.2) is 14.5 Å². The number of fused-ring (bicyclic) bond motifs is 1. The highest BCUT2D eigenvalue weighted by Gasteiger charge is 2.12. The topological polar surface area (TPSA) is 56.7 Å². The Labute approximate surface area is 122 Å². The molecule has 1 aromatic carbocycles. The Morgan fingerprint density at radius 1 is 1.30 bits per heavy atom. The largest absolute Gasteiger partial charge is 0.398 e. The maximum atomic E-state index is 5.99. The average molecular weight is 287 g/mol. The second-order valence-corrected chi connectivity index (χ2v) is 5.09. The Morgan fingerprint density at radius 2 is 2.15 bits per heavy atom. The van der Waals surface area contributed by atoms with Gasteiger partial charge in [-0.05, 0) is 30.7 Å². The molecule has 5 heteroatoms. The van der Waals surface area contributed by atoms with E-state index in [0.29, 0.717) is 10.7 Å². The molecule has 0 amide bonds. The highest BCUT2D eigenvalue weighted by molar-refractivity contribution is 6.33. The zero-order valence-electron chi connectivity index (χ0n) is 11.2. The van der Waals surface area contributed by atoms with E-state index in [9.17, 15) is 0 Å².